The van der Waals surface area contributed by atoms with Gasteiger partial charge in [-0.2, -0.15) is 4.31 Å². The van der Waals surface area contributed by atoms with Gasteiger partial charge in [-0.3, -0.25) is 9.59 Å². The van der Waals surface area contributed by atoms with Gasteiger partial charge in [0.2, 0.25) is 21.7 Å². The van der Waals surface area contributed by atoms with Crippen LogP contribution >= 0.6 is 0 Å². The second-order valence-corrected chi connectivity index (χ2v) is 12.0. The minimum atomic E-state index is -3.93. The van der Waals surface area contributed by atoms with E-state index < -0.39 is 31.7 Å². The summed E-state index contributed by atoms with van der Waals surface area (Å²) in [6, 6.07) is 12.0. The zero-order valence-electron chi connectivity index (χ0n) is 18.2. The Morgan fingerprint density at radius 2 is 1.65 bits per heavy atom. The Hall–Kier alpha value is -3.22. The third-order valence-electron chi connectivity index (χ3n) is 5.76. The first-order chi connectivity index (χ1) is 16.0. The van der Waals surface area contributed by atoms with E-state index in [1.807, 2.05) is 0 Å². The van der Waals surface area contributed by atoms with E-state index in [9.17, 15) is 26.4 Å². The molecule has 2 aromatic carbocycles. The molecule has 0 radical (unpaired) electrons. The third-order valence-corrected chi connectivity index (χ3v) is 8.77. The molecule has 0 atom stereocenters. The van der Waals surface area contributed by atoms with E-state index in [1.165, 1.54) is 22.5 Å². The molecule has 1 aliphatic heterocycles. The van der Waals surface area contributed by atoms with Crippen molar-refractivity contribution >= 4 is 48.3 Å². The first-order valence-corrected chi connectivity index (χ1v) is 13.7. The van der Waals surface area contributed by atoms with E-state index in [-0.39, 0.29) is 53.1 Å². The van der Waals surface area contributed by atoms with Crippen molar-refractivity contribution in [1.29, 1.82) is 0 Å². The predicted octanol–water partition coefficient (Wildman–Crippen LogP) is 1.97. The number of benzene rings is 2. The first kappa shape index (κ1) is 23.9. The number of sulfone groups is 1. The summed E-state index contributed by atoms with van der Waals surface area (Å²) in [7, 11) is -7.49. The lowest BCUT2D eigenvalue weighted by Gasteiger charge is -2.30. The van der Waals surface area contributed by atoms with Gasteiger partial charge in [-0.15, -0.1) is 0 Å². The molecule has 1 saturated heterocycles. The minimum absolute atomic E-state index is 0.0817. The standard InChI is InChI=1S/C22H23N3O7S2/c1-33(28,29)15-5-4-6-16(13-15)34(30,31)25-11-9-14(10-12-25)22(27)24-19-17-7-2-3-8-18(17)32-20(19)21(23)26/h2-8,13-14H,9-12H2,1H3,(H2,23,26)(H,24,27). The number of hydrogen-bond acceptors (Lipinski definition) is 7. The Balaban J connectivity index is 1.48. The number of rotatable bonds is 6. The molecule has 4 rings (SSSR count). The summed E-state index contributed by atoms with van der Waals surface area (Å²) in [6.45, 7) is 0.163. The fourth-order valence-corrected chi connectivity index (χ4v) is 6.20. The fraction of sp³-hybridized carbons (Fsp3) is 0.273. The van der Waals surface area contributed by atoms with Crippen LogP contribution in [0, 0.1) is 5.92 Å². The molecule has 1 fully saturated rings. The van der Waals surface area contributed by atoms with Gasteiger partial charge in [-0.1, -0.05) is 18.2 Å². The molecule has 0 unspecified atom stereocenters. The lowest BCUT2D eigenvalue weighted by Crippen LogP contribution is -2.41. The number of anilines is 1. The van der Waals surface area contributed by atoms with Crippen molar-refractivity contribution in [2.75, 3.05) is 24.7 Å². The monoisotopic (exact) mass is 505 g/mol. The highest BCUT2D eigenvalue weighted by Gasteiger charge is 2.33. The van der Waals surface area contributed by atoms with Crippen molar-refractivity contribution in [2.24, 2.45) is 11.7 Å². The molecule has 3 N–H and O–H groups in total. The lowest BCUT2D eigenvalue weighted by atomic mass is 9.97. The number of para-hydroxylation sites is 1. The molecule has 0 aliphatic carbocycles. The van der Waals surface area contributed by atoms with Crippen LogP contribution in [0.1, 0.15) is 23.4 Å². The van der Waals surface area contributed by atoms with Crippen molar-refractivity contribution in [3.05, 3.63) is 54.3 Å². The van der Waals surface area contributed by atoms with Gasteiger partial charge in [-0.25, -0.2) is 16.8 Å². The van der Waals surface area contributed by atoms with Crippen LogP contribution in [0.3, 0.4) is 0 Å². The van der Waals surface area contributed by atoms with Gasteiger partial charge in [0.15, 0.2) is 9.84 Å². The Morgan fingerprint density at radius 1 is 1.00 bits per heavy atom. The molecule has 2 amide bonds. The lowest BCUT2D eigenvalue weighted by molar-refractivity contribution is -0.120. The Bertz CT molecular complexity index is 1490. The number of primary amides is 1. The zero-order chi connectivity index (χ0) is 24.7. The molecule has 1 aromatic heterocycles. The van der Waals surface area contributed by atoms with Gasteiger partial charge >= 0.3 is 0 Å². The van der Waals surface area contributed by atoms with Crippen LogP contribution in [0.25, 0.3) is 11.0 Å². The molecule has 2 heterocycles. The van der Waals surface area contributed by atoms with Gasteiger partial charge in [0.1, 0.15) is 11.3 Å². The average molecular weight is 506 g/mol. The third kappa shape index (κ3) is 4.56. The topological polar surface area (TPSA) is 157 Å². The molecule has 0 saturated carbocycles. The quantitative estimate of drug-likeness (QED) is 0.518. The van der Waals surface area contributed by atoms with Crippen LogP contribution < -0.4 is 11.1 Å². The molecule has 0 bridgehead atoms. The molecule has 3 aromatic rings. The number of carbonyl (C=O) groups excluding carboxylic acids is 2. The number of piperidine rings is 1. The van der Waals surface area contributed by atoms with Crippen molar-refractivity contribution in [1.82, 2.24) is 4.31 Å². The molecule has 34 heavy (non-hydrogen) atoms. The summed E-state index contributed by atoms with van der Waals surface area (Å²) >= 11 is 0. The largest absolute Gasteiger partial charge is 0.449 e. The molecule has 12 heteroatoms. The predicted molar refractivity (Wildman–Crippen MR) is 124 cm³/mol. The van der Waals surface area contributed by atoms with Crippen LogP contribution in [0.4, 0.5) is 5.69 Å². The Kier molecular flexibility index (Phi) is 6.23. The average Bonchev–Trinajstić information content (AvgIpc) is 3.17. The number of nitrogens with one attached hydrogen (secondary N) is 1. The second-order valence-electron chi connectivity index (χ2n) is 8.08. The highest BCUT2D eigenvalue weighted by Crippen LogP contribution is 2.32. The van der Waals surface area contributed by atoms with E-state index in [2.05, 4.69) is 5.32 Å². The minimum Gasteiger partial charge on any atom is -0.449 e. The number of hydrogen-bond donors (Lipinski definition) is 2. The van der Waals surface area contributed by atoms with E-state index in [0.29, 0.717) is 11.0 Å². The maximum atomic E-state index is 13.0. The molecule has 10 nitrogen and oxygen atoms in total. The van der Waals surface area contributed by atoms with Crippen LogP contribution in [0.2, 0.25) is 0 Å². The summed E-state index contributed by atoms with van der Waals surface area (Å²) < 4.78 is 56.4. The number of furan rings is 1. The van der Waals surface area contributed by atoms with Gasteiger partial charge < -0.3 is 15.5 Å². The zero-order valence-corrected chi connectivity index (χ0v) is 19.9. The van der Waals surface area contributed by atoms with E-state index in [4.69, 9.17) is 10.2 Å². The molecule has 0 spiro atoms. The van der Waals surface area contributed by atoms with Crippen molar-refractivity contribution in [2.45, 2.75) is 22.6 Å². The number of nitrogens with zero attached hydrogens (tertiary/aromatic N) is 1. The summed E-state index contributed by atoms with van der Waals surface area (Å²) in [5.41, 5.74) is 6.00. The highest BCUT2D eigenvalue weighted by molar-refractivity contribution is 7.91. The van der Waals surface area contributed by atoms with Crippen LogP contribution in [0.15, 0.2) is 62.7 Å². The van der Waals surface area contributed by atoms with Crippen LogP contribution in [-0.4, -0.2) is 52.3 Å². The second kappa shape index (κ2) is 8.85. The molecular weight excluding hydrogens is 482 g/mol. The van der Waals surface area contributed by atoms with Gasteiger partial charge in [0, 0.05) is 30.6 Å². The Morgan fingerprint density at radius 3 is 2.29 bits per heavy atom. The molecule has 180 valence electrons. The fourth-order valence-electron chi connectivity index (χ4n) is 3.94. The normalized spacial score (nSPS) is 15.9. The number of amides is 2. The molecular formula is C22H23N3O7S2. The van der Waals surface area contributed by atoms with Crippen LogP contribution in [-0.2, 0) is 24.7 Å². The SMILES string of the molecule is CS(=O)(=O)c1cccc(S(=O)(=O)N2CCC(C(=O)Nc3c(C(N)=O)oc4ccccc34)CC2)c1. The van der Waals surface area contributed by atoms with E-state index in [0.717, 1.165) is 12.3 Å². The molecule has 1 aliphatic rings. The van der Waals surface area contributed by atoms with Gasteiger partial charge in [0.25, 0.3) is 5.91 Å². The first-order valence-electron chi connectivity index (χ1n) is 10.4. The highest BCUT2D eigenvalue weighted by atomic mass is 32.2. The Labute approximate surface area is 196 Å². The number of nitrogens with two attached hydrogens (primary N) is 1. The van der Waals surface area contributed by atoms with Crippen molar-refractivity contribution < 1.29 is 30.8 Å². The van der Waals surface area contributed by atoms with Gasteiger partial charge in [-0.05, 0) is 43.2 Å². The number of sulfonamides is 1. The summed E-state index contributed by atoms with van der Waals surface area (Å²) in [4.78, 5) is 24.5. The van der Waals surface area contributed by atoms with E-state index in [1.54, 1.807) is 24.3 Å². The van der Waals surface area contributed by atoms with Crippen molar-refractivity contribution in [3.63, 3.8) is 0 Å². The number of fused-ring (bicyclic) bond motifs is 1. The summed E-state index contributed by atoms with van der Waals surface area (Å²) in [6.07, 6.45) is 1.51. The van der Waals surface area contributed by atoms with Gasteiger partial charge in [0.05, 0.1) is 9.79 Å². The summed E-state index contributed by atoms with van der Waals surface area (Å²) in [5, 5.41) is 3.26. The number of carbonyl (C=O) groups is 2. The smallest absolute Gasteiger partial charge is 0.286 e. The summed E-state index contributed by atoms with van der Waals surface area (Å²) in [5.74, 6) is -1.84. The van der Waals surface area contributed by atoms with E-state index >= 15 is 0 Å². The maximum absolute atomic E-state index is 13.0. The maximum Gasteiger partial charge on any atom is 0.286 e. The van der Waals surface area contributed by atoms with Crippen LogP contribution in [0.5, 0.6) is 0 Å². The van der Waals surface area contributed by atoms with Crippen molar-refractivity contribution in [3.8, 4) is 0 Å².